The van der Waals surface area contributed by atoms with Crippen LogP contribution in [0.15, 0.2) is 0 Å². The quantitative estimate of drug-likeness (QED) is 0.438. The molecule has 2 atom stereocenters. The molecule has 22 heavy (non-hydrogen) atoms. The SMILES string of the molecule is COCCC(=O)ON(C1CO1)C1CO1.COCCC(=O)SC. The fourth-order valence-corrected chi connectivity index (χ4v) is 1.61. The first-order valence-electron chi connectivity index (χ1n) is 6.89. The number of hydroxylamine groups is 2. The van der Waals surface area contributed by atoms with Crippen LogP contribution in [-0.2, 0) is 33.4 Å². The van der Waals surface area contributed by atoms with Gasteiger partial charge < -0.3 is 23.8 Å². The lowest BCUT2D eigenvalue weighted by molar-refractivity contribution is -0.214. The number of thioether (sulfide) groups is 1. The van der Waals surface area contributed by atoms with E-state index in [0.717, 1.165) is 0 Å². The molecule has 0 amide bonds. The van der Waals surface area contributed by atoms with Gasteiger partial charge in [-0.05, 0) is 6.26 Å². The van der Waals surface area contributed by atoms with Crippen molar-refractivity contribution >= 4 is 22.8 Å². The fourth-order valence-electron chi connectivity index (χ4n) is 1.32. The lowest BCUT2D eigenvalue weighted by Gasteiger charge is -2.15. The number of rotatable bonds is 9. The number of epoxide rings is 2. The molecule has 2 aliphatic heterocycles. The van der Waals surface area contributed by atoms with Gasteiger partial charge >= 0.3 is 5.97 Å². The summed E-state index contributed by atoms with van der Waals surface area (Å²) >= 11 is 1.25. The Morgan fingerprint density at radius 3 is 2.00 bits per heavy atom. The average molecular weight is 337 g/mol. The maximum atomic E-state index is 11.2. The molecule has 2 saturated heterocycles. The highest BCUT2D eigenvalue weighted by atomic mass is 32.2. The van der Waals surface area contributed by atoms with Gasteiger partial charge in [0.1, 0.15) is 0 Å². The minimum Gasteiger partial charge on any atom is -0.384 e. The summed E-state index contributed by atoms with van der Waals surface area (Å²) in [6, 6.07) is 0. The highest BCUT2D eigenvalue weighted by molar-refractivity contribution is 8.13. The molecular weight excluding hydrogens is 314 g/mol. The van der Waals surface area contributed by atoms with Crippen LogP contribution in [0.25, 0.3) is 0 Å². The Balaban J connectivity index is 0.000000261. The third-order valence-electron chi connectivity index (χ3n) is 2.65. The predicted molar refractivity (Wildman–Crippen MR) is 78.9 cm³/mol. The van der Waals surface area contributed by atoms with Crippen molar-refractivity contribution in [1.82, 2.24) is 5.06 Å². The first-order chi connectivity index (χ1) is 10.6. The molecule has 2 rings (SSSR count). The summed E-state index contributed by atoms with van der Waals surface area (Å²) in [6.07, 6.45) is 2.31. The normalized spacial score (nSPS) is 21.8. The van der Waals surface area contributed by atoms with Gasteiger partial charge in [0, 0.05) is 20.6 Å². The van der Waals surface area contributed by atoms with Crippen LogP contribution >= 0.6 is 11.8 Å². The highest BCUT2D eigenvalue weighted by Crippen LogP contribution is 2.25. The fraction of sp³-hybridized carbons (Fsp3) is 0.846. The number of ether oxygens (including phenoxy) is 4. The van der Waals surface area contributed by atoms with E-state index in [9.17, 15) is 9.59 Å². The van der Waals surface area contributed by atoms with E-state index in [4.69, 9.17) is 19.0 Å². The molecule has 2 unspecified atom stereocenters. The first-order valence-corrected chi connectivity index (χ1v) is 8.11. The van der Waals surface area contributed by atoms with Crippen molar-refractivity contribution in [2.24, 2.45) is 0 Å². The zero-order chi connectivity index (χ0) is 16.4. The van der Waals surface area contributed by atoms with E-state index in [1.165, 1.54) is 16.8 Å². The van der Waals surface area contributed by atoms with E-state index >= 15 is 0 Å². The molecule has 128 valence electrons. The van der Waals surface area contributed by atoms with Crippen LogP contribution in [0.5, 0.6) is 0 Å². The second-order valence-corrected chi connectivity index (χ2v) is 5.32. The standard InChI is InChI=1S/C8H13NO5.C5H10O2S/c1-11-3-2-8(10)14-9(6-4-12-6)7-5-13-7;1-7-4-3-5(6)8-2/h6-7H,2-5H2,1H3;3-4H2,1-2H3. The molecule has 8 nitrogen and oxygen atoms in total. The molecule has 0 aromatic carbocycles. The van der Waals surface area contributed by atoms with Crippen LogP contribution in [0.2, 0.25) is 0 Å². The van der Waals surface area contributed by atoms with Crippen molar-refractivity contribution in [2.45, 2.75) is 25.3 Å². The van der Waals surface area contributed by atoms with Gasteiger partial charge in [-0.15, -0.1) is 0 Å². The van der Waals surface area contributed by atoms with Crippen LogP contribution in [-0.4, -0.2) is 75.5 Å². The maximum Gasteiger partial charge on any atom is 0.327 e. The van der Waals surface area contributed by atoms with Gasteiger partial charge in [0.15, 0.2) is 17.6 Å². The summed E-state index contributed by atoms with van der Waals surface area (Å²) in [5.74, 6) is -0.321. The zero-order valence-corrected chi connectivity index (χ0v) is 13.9. The van der Waals surface area contributed by atoms with Gasteiger partial charge in [-0.1, -0.05) is 16.8 Å². The lowest BCUT2D eigenvalue weighted by atomic mass is 10.5. The first kappa shape index (κ1) is 19.3. The summed E-state index contributed by atoms with van der Waals surface area (Å²) < 4.78 is 19.5. The number of hydrogen-bond donors (Lipinski definition) is 0. The minimum atomic E-state index is -0.321. The number of carbonyl (C=O) groups is 2. The number of nitrogens with zero attached hydrogens (tertiary/aromatic N) is 1. The molecule has 0 aliphatic carbocycles. The summed E-state index contributed by atoms with van der Waals surface area (Å²) in [6.45, 7) is 2.10. The van der Waals surface area contributed by atoms with E-state index in [-0.39, 0.29) is 30.0 Å². The average Bonchev–Trinajstić information content (AvgIpc) is 3.41. The summed E-state index contributed by atoms with van der Waals surface area (Å²) in [7, 11) is 3.13. The van der Waals surface area contributed by atoms with Crippen molar-refractivity contribution in [1.29, 1.82) is 0 Å². The van der Waals surface area contributed by atoms with E-state index in [2.05, 4.69) is 4.74 Å². The van der Waals surface area contributed by atoms with Crippen molar-refractivity contribution < 1.29 is 33.4 Å². The van der Waals surface area contributed by atoms with Gasteiger partial charge in [-0.3, -0.25) is 9.59 Å². The largest absolute Gasteiger partial charge is 0.384 e. The molecule has 0 aromatic heterocycles. The van der Waals surface area contributed by atoms with Crippen LogP contribution in [0, 0.1) is 0 Å². The van der Waals surface area contributed by atoms with Crippen LogP contribution in [0.3, 0.4) is 0 Å². The highest BCUT2D eigenvalue weighted by Gasteiger charge is 2.44. The molecule has 0 aromatic rings. The van der Waals surface area contributed by atoms with Gasteiger partial charge in [0.2, 0.25) is 0 Å². The van der Waals surface area contributed by atoms with E-state index in [1.807, 2.05) is 0 Å². The van der Waals surface area contributed by atoms with Crippen molar-refractivity contribution in [2.75, 3.05) is 46.9 Å². The van der Waals surface area contributed by atoms with Crippen LogP contribution < -0.4 is 0 Å². The van der Waals surface area contributed by atoms with Crippen molar-refractivity contribution in [3.63, 3.8) is 0 Å². The molecule has 9 heteroatoms. The minimum absolute atomic E-state index is 0.117. The second kappa shape index (κ2) is 10.9. The molecule has 2 heterocycles. The number of methoxy groups -OCH3 is 2. The predicted octanol–water partition coefficient (Wildman–Crippen LogP) is 0.408. The molecule has 0 N–H and O–H groups in total. The molecule has 0 saturated carbocycles. The zero-order valence-electron chi connectivity index (χ0n) is 13.1. The second-order valence-electron chi connectivity index (χ2n) is 4.46. The molecule has 2 aliphatic rings. The summed E-state index contributed by atoms with van der Waals surface area (Å²) in [5.41, 5.74) is 0. The smallest absolute Gasteiger partial charge is 0.327 e. The maximum absolute atomic E-state index is 11.2. The Morgan fingerprint density at radius 1 is 1.09 bits per heavy atom. The number of carbonyl (C=O) groups excluding carboxylic acids is 2. The van der Waals surface area contributed by atoms with Crippen molar-refractivity contribution in [3.8, 4) is 0 Å². The molecule has 0 spiro atoms. The van der Waals surface area contributed by atoms with E-state index in [0.29, 0.717) is 32.8 Å². The Hall–Kier alpha value is -0.710. The van der Waals surface area contributed by atoms with Gasteiger partial charge in [-0.2, -0.15) is 0 Å². The molecular formula is C13H23NO7S. The van der Waals surface area contributed by atoms with E-state index < -0.39 is 0 Å². The van der Waals surface area contributed by atoms with Gasteiger partial charge in [-0.25, -0.2) is 0 Å². The van der Waals surface area contributed by atoms with E-state index in [1.54, 1.807) is 20.5 Å². The lowest BCUT2D eigenvalue weighted by Crippen LogP contribution is -2.33. The third-order valence-corrected chi connectivity index (χ3v) is 3.31. The summed E-state index contributed by atoms with van der Waals surface area (Å²) in [5, 5.41) is 1.66. The monoisotopic (exact) mass is 337 g/mol. The Kier molecular flexibility index (Phi) is 9.60. The third kappa shape index (κ3) is 8.66. The van der Waals surface area contributed by atoms with Crippen LogP contribution in [0.4, 0.5) is 0 Å². The molecule has 0 radical (unpaired) electrons. The Morgan fingerprint density at radius 2 is 1.59 bits per heavy atom. The number of hydrogen-bond acceptors (Lipinski definition) is 9. The van der Waals surface area contributed by atoms with Crippen molar-refractivity contribution in [3.05, 3.63) is 0 Å². The molecule has 2 fully saturated rings. The Bertz CT molecular complexity index is 335. The van der Waals surface area contributed by atoms with Crippen LogP contribution in [0.1, 0.15) is 12.8 Å². The van der Waals surface area contributed by atoms with Gasteiger partial charge in [0.05, 0.1) is 32.8 Å². The topological polar surface area (TPSA) is 90.1 Å². The van der Waals surface area contributed by atoms with Gasteiger partial charge in [0.25, 0.3) is 0 Å². The summed E-state index contributed by atoms with van der Waals surface area (Å²) in [4.78, 5) is 26.7. The molecule has 0 bridgehead atoms. The Labute approximate surface area is 134 Å².